The number of aryl methyl sites for hydroxylation is 1. The normalized spacial score (nSPS) is 27.1. The molecule has 3 unspecified atom stereocenters. The summed E-state index contributed by atoms with van der Waals surface area (Å²) in [5.41, 5.74) is 1.32. The average molecular weight is 278 g/mol. The molecule has 1 heterocycles. The van der Waals surface area contributed by atoms with Crippen LogP contribution in [0.1, 0.15) is 44.4 Å². The molecule has 1 N–H and O–H groups in total. The van der Waals surface area contributed by atoms with Crippen molar-refractivity contribution in [3.8, 4) is 0 Å². The Morgan fingerprint density at radius 3 is 2.85 bits per heavy atom. The highest BCUT2D eigenvalue weighted by Gasteiger charge is 2.28. The minimum absolute atomic E-state index is 0.698. The van der Waals surface area contributed by atoms with E-state index in [-0.39, 0.29) is 0 Å². The zero-order valence-corrected chi connectivity index (χ0v) is 13.5. The highest BCUT2D eigenvalue weighted by Crippen LogP contribution is 2.30. The van der Waals surface area contributed by atoms with Gasteiger partial charge in [0.1, 0.15) is 5.76 Å². The van der Waals surface area contributed by atoms with Crippen molar-refractivity contribution in [2.45, 2.75) is 52.6 Å². The minimum atomic E-state index is 0.698. The second kappa shape index (κ2) is 7.28. The fourth-order valence-electron chi connectivity index (χ4n) is 3.56. The standard InChI is InChI=1S/C17H30N2O/c1-5-18-17-7-6-13(2)10-16(17)12-19(4)11-15-8-9-20-14(15)3/h8-9,13,16-18H,5-7,10-12H2,1-4H3. The molecule has 0 aliphatic heterocycles. The van der Waals surface area contributed by atoms with Gasteiger partial charge in [-0.3, -0.25) is 0 Å². The lowest BCUT2D eigenvalue weighted by molar-refractivity contribution is 0.158. The molecule has 1 aromatic heterocycles. The Hall–Kier alpha value is -0.800. The summed E-state index contributed by atoms with van der Waals surface area (Å²) in [5.74, 6) is 2.70. The SMILES string of the molecule is CCNC1CCC(C)CC1CN(C)Cc1ccoc1C. The van der Waals surface area contributed by atoms with Crippen molar-refractivity contribution in [2.75, 3.05) is 20.1 Å². The molecule has 0 saturated heterocycles. The second-order valence-electron chi connectivity index (χ2n) is 6.54. The maximum atomic E-state index is 5.39. The van der Waals surface area contributed by atoms with Crippen molar-refractivity contribution in [3.05, 3.63) is 23.7 Å². The lowest BCUT2D eigenvalue weighted by Crippen LogP contribution is -2.44. The van der Waals surface area contributed by atoms with Crippen LogP contribution in [-0.4, -0.2) is 31.1 Å². The quantitative estimate of drug-likeness (QED) is 0.864. The predicted octanol–water partition coefficient (Wildman–Crippen LogP) is 3.43. The molecule has 1 aliphatic carbocycles. The molecule has 0 radical (unpaired) electrons. The fourth-order valence-corrected chi connectivity index (χ4v) is 3.56. The highest BCUT2D eigenvalue weighted by atomic mass is 16.3. The van der Waals surface area contributed by atoms with Crippen LogP contribution in [0.2, 0.25) is 0 Å². The van der Waals surface area contributed by atoms with E-state index >= 15 is 0 Å². The van der Waals surface area contributed by atoms with Gasteiger partial charge in [0, 0.05) is 24.7 Å². The van der Waals surface area contributed by atoms with Gasteiger partial charge in [-0.2, -0.15) is 0 Å². The van der Waals surface area contributed by atoms with Gasteiger partial charge in [-0.15, -0.1) is 0 Å². The molecule has 3 atom stereocenters. The van der Waals surface area contributed by atoms with Crippen LogP contribution >= 0.6 is 0 Å². The van der Waals surface area contributed by atoms with Gasteiger partial charge in [-0.1, -0.05) is 13.8 Å². The van der Waals surface area contributed by atoms with Crippen molar-refractivity contribution in [1.29, 1.82) is 0 Å². The molecule has 114 valence electrons. The van der Waals surface area contributed by atoms with E-state index in [4.69, 9.17) is 4.42 Å². The summed E-state index contributed by atoms with van der Waals surface area (Å²) in [7, 11) is 2.23. The van der Waals surface area contributed by atoms with E-state index in [0.29, 0.717) is 6.04 Å². The zero-order chi connectivity index (χ0) is 14.5. The highest BCUT2D eigenvalue weighted by molar-refractivity contribution is 5.15. The lowest BCUT2D eigenvalue weighted by Gasteiger charge is -2.37. The Morgan fingerprint density at radius 2 is 2.20 bits per heavy atom. The average Bonchev–Trinajstić information content (AvgIpc) is 2.78. The smallest absolute Gasteiger partial charge is 0.105 e. The molecule has 1 aliphatic rings. The third-order valence-electron chi connectivity index (χ3n) is 4.66. The maximum absolute atomic E-state index is 5.39. The van der Waals surface area contributed by atoms with Gasteiger partial charge in [-0.05, 0) is 57.7 Å². The van der Waals surface area contributed by atoms with Crippen molar-refractivity contribution < 1.29 is 4.42 Å². The van der Waals surface area contributed by atoms with Crippen LogP contribution in [-0.2, 0) is 6.54 Å². The number of nitrogens with zero attached hydrogens (tertiary/aromatic N) is 1. The number of hydrogen-bond acceptors (Lipinski definition) is 3. The second-order valence-corrected chi connectivity index (χ2v) is 6.54. The van der Waals surface area contributed by atoms with Crippen LogP contribution in [0.25, 0.3) is 0 Å². The van der Waals surface area contributed by atoms with E-state index in [2.05, 4.69) is 37.2 Å². The van der Waals surface area contributed by atoms with E-state index in [0.717, 1.165) is 30.7 Å². The summed E-state index contributed by atoms with van der Waals surface area (Å²) < 4.78 is 5.39. The minimum Gasteiger partial charge on any atom is -0.469 e. The first-order chi connectivity index (χ1) is 9.60. The van der Waals surface area contributed by atoms with Gasteiger partial charge >= 0.3 is 0 Å². The molecule has 3 heteroatoms. The summed E-state index contributed by atoms with van der Waals surface area (Å²) in [6.45, 7) is 9.91. The van der Waals surface area contributed by atoms with Crippen molar-refractivity contribution in [2.24, 2.45) is 11.8 Å². The van der Waals surface area contributed by atoms with Crippen LogP contribution < -0.4 is 5.32 Å². The summed E-state index contributed by atoms with van der Waals surface area (Å²) in [5, 5.41) is 3.69. The zero-order valence-electron chi connectivity index (χ0n) is 13.5. The number of rotatable bonds is 6. The summed E-state index contributed by atoms with van der Waals surface area (Å²) in [4.78, 5) is 2.45. The molecule has 1 aromatic rings. The summed E-state index contributed by atoms with van der Waals surface area (Å²) in [6, 6.07) is 2.79. The first kappa shape index (κ1) is 15.6. The molecular weight excluding hydrogens is 248 g/mol. The monoisotopic (exact) mass is 278 g/mol. The van der Waals surface area contributed by atoms with Gasteiger partial charge in [0.15, 0.2) is 0 Å². The van der Waals surface area contributed by atoms with Crippen LogP contribution in [0, 0.1) is 18.8 Å². The molecule has 0 bridgehead atoms. The maximum Gasteiger partial charge on any atom is 0.105 e. The molecule has 20 heavy (non-hydrogen) atoms. The molecule has 2 rings (SSSR count). The van der Waals surface area contributed by atoms with Crippen LogP contribution in [0.15, 0.2) is 16.7 Å². The Labute approximate surface area is 123 Å². The van der Waals surface area contributed by atoms with Crippen LogP contribution in [0.4, 0.5) is 0 Å². The summed E-state index contributed by atoms with van der Waals surface area (Å²) >= 11 is 0. The molecule has 3 nitrogen and oxygen atoms in total. The molecule has 0 amide bonds. The Balaban J connectivity index is 1.90. The van der Waals surface area contributed by atoms with Gasteiger partial charge in [-0.25, -0.2) is 0 Å². The van der Waals surface area contributed by atoms with Crippen molar-refractivity contribution in [1.82, 2.24) is 10.2 Å². The topological polar surface area (TPSA) is 28.4 Å². The third kappa shape index (κ3) is 4.10. The molecule has 1 fully saturated rings. The Kier molecular flexibility index (Phi) is 5.67. The van der Waals surface area contributed by atoms with Gasteiger partial charge < -0.3 is 14.6 Å². The first-order valence-electron chi connectivity index (χ1n) is 8.05. The Bertz CT molecular complexity index is 401. The molecule has 0 aromatic carbocycles. The fraction of sp³-hybridized carbons (Fsp3) is 0.765. The molecule has 1 saturated carbocycles. The van der Waals surface area contributed by atoms with E-state index in [1.165, 1.54) is 31.4 Å². The Morgan fingerprint density at radius 1 is 1.40 bits per heavy atom. The van der Waals surface area contributed by atoms with Gasteiger partial charge in [0.2, 0.25) is 0 Å². The van der Waals surface area contributed by atoms with Crippen molar-refractivity contribution >= 4 is 0 Å². The predicted molar refractivity (Wildman–Crippen MR) is 83.7 cm³/mol. The number of hydrogen-bond donors (Lipinski definition) is 1. The van der Waals surface area contributed by atoms with Crippen LogP contribution in [0.5, 0.6) is 0 Å². The molecule has 0 spiro atoms. The molecular formula is C17H30N2O. The van der Waals surface area contributed by atoms with E-state index in [1.54, 1.807) is 6.26 Å². The van der Waals surface area contributed by atoms with Gasteiger partial charge in [0.25, 0.3) is 0 Å². The van der Waals surface area contributed by atoms with E-state index in [9.17, 15) is 0 Å². The summed E-state index contributed by atoms with van der Waals surface area (Å²) in [6.07, 6.45) is 5.85. The van der Waals surface area contributed by atoms with Gasteiger partial charge in [0.05, 0.1) is 6.26 Å². The first-order valence-corrected chi connectivity index (χ1v) is 8.05. The van der Waals surface area contributed by atoms with E-state index < -0.39 is 0 Å². The van der Waals surface area contributed by atoms with Crippen LogP contribution in [0.3, 0.4) is 0 Å². The largest absolute Gasteiger partial charge is 0.469 e. The number of nitrogens with one attached hydrogen (secondary N) is 1. The number of furan rings is 1. The van der Waals surface area contributed by atoms with E-state index in [1.807, 2.05) is 6.92 Å². The third-order valence-corrected chi connectivity index (χ3v) is 4.66. The van der Waals surface area contributed by atoms with Crippen molar-refractivity contribution in [3.63, 3.8) is 0 Å². The lowest BCUT2D eigenvalue weighted by atomic mass is 9.78.